The minimum atomic E-state index is -4.19. The summed E-state index contributed by atoms with van der Waals surface area (Å²) in [6.45, 7) is 3.52. The maximum Gasteiger partial charge on any atom is 0.304 e. The molecule has 0 aromatic heterocycles. The van der Waals surface area contributed by atoms with Gasteiger partial charge >= 0.3 is 10.2 Å². The van der Waals surface area contributed by atoms with Crippen molar-refractivity contribution in [2.24, 2.45) is 0 Å². The SMILES string of the molecule is CCNC(=O)[C@@H](CC)N(CCc1ccccc1)C(=O)CN(c1ccccc1F)S(=O)(=O)N(C)C. The number of amides is 2. The van der Waals surface area contributed by atoms with Crippen molar-refractivity contribution in [3.63, 3.8) is 0 Å². The van der Waals surface area contributed by atoms with Crippen LogP contribution in [0.1, 0.15) is 25.8 Å². The summed E-state index contributed by atoms with van der Waals surface area (Å²) in [4.78, 5) is 27.7. The highest BCUT2D eigenvalue weighted by Crippen LogP contribution is 2.23. The third kappa shape index (κ3) is 6.77. The summed E-state index contributed by atoms with van der Waals surface area (Å²) in [5, 5.41) is 2.74. The molecule has 2 aromatic rings. The molecule has 10 heteroatoms. The molecule has 1 N–H and O–H groups in total. The number of halogens is 1. The lowest BCUT2D eigenvalue weighted by Gasteiger charge is -2.33. The van der Waals surface area contributed by atoms with E-state index < -0.39 is 34.5 Å². The summed E-state index contributed by atoms with van der Waals surface area (Å²) < 4.78 is 42.3. The molecule has 1 atom stereocenters. The first-order chi connectivity index (χ1) is 16.1. The number of nitrogens with zero attached hydrogens (tertiary/aromatic N) is 3. The highest BCUT2D eigenvalue weighted by molar-refractivity contribution is 7.90. The van der Waals surface area contributed by atoms with Gasteiger partial charge in [-0.05, 0) is 37.5 Å². The Hall–Kier alpha value is -2.98. The predicted molar refractivity (Wildman–Crippen MR) is 131 cm³/mol. The van der Waals surface area contributed by atoms with Crippen LogP contribution in [0, 0.1) is 5.82 Å². The molecular formula is C24H33FN4O4S. The van der Waals surface area contributed by atoms with Gasteiger partial charge in [0.25, 0.3) is 0 Å². The van der Waals surface area contributed by atoms with Crippen molar-refractivity contribution in [1.82, 2.24) is 14.5 Å². The predicted octanol–water partition coefficient (Wildman–Crippen LogP) is 2.42. The highest BCUT2D eigenvalue weighted by atomic mass is 32.2. The van der Waals surface area contributed by atoms with E-state index in [0.29, 0.717) is 19.4 Å². The van der Waals surface area contributed by atoms with Crippen LogP contribution in [0.25, 0.3) is 0 Å². The van der Waals surface area contributed by atoms with Gasteiger partial charge in [-0.15, -0.1) is 0 Å². The largest absolute Gasteiger partial charge is 0.355 e. The van der Waals surface area contributed by atoms with Crippen LogP contribution >= 0.6 is 0 Å². The highest BCUT2D eigenvalue weighted by Gasteiger charge is 2.34. The van der Waals surface area contributed by atoms with Gasteiger partial charge in [-0.3, -0.25) is 9.59 Å². The molecule has 0 aliphatic rings. The second-order valence-corrected chi connectivity index (χ2v) is 9.96. The normalized spacial score (nSPS) is 12.3. The minimum absolute atomic E-state index is 0.200. The van der Waals surface area contributed by atoms with Crippen LogP contribution in [0.15, 0.2) is 54.6 Å². The van der Waals surface area contributed by atoms with Crippen LogP contribution in [0.3, 0.4) is 0 Å². The number of anilines is 1. The fourth-order valence-corrected chi connectivity index (χ4v) is 4.61. The Morgan fingerprint density at radius 1 is 1.00 bits per heavy atom. The number of hydrogen-bond donors (Lipinski definition) is 1. The molecule has 0 heterocycles. The number of benzene rings is 2. The zero-order valence-corrected chi connectivity index (χ0v) is 20.9. The van der Waals surface area contributed by atoms with Gasteiger partial charge in [0.05, 0.1) is 5.69 Å². The second-order valence-electron chi connectivity index (χ2n) is 7.89. The zero-order chi connectivity index (χ0) is 25.3. The van der Waals surface area contributed by atoms with Gasteiger partial charge < -0.3 is 10.2 Å². The van der Waals surface area contributed by atoms with Crippen LogP contribution in [0.5, 0.6) is 0 Å². The molecule has 34 heavy (non-hydrogen) atoms. The van der Waals surface area contributed by atoms with Gasteiger partial charge in [-0.1, -0.05) is 49.4 Å². The van der Waals surface area contributed by atoms with Crippen molar-refractivity contribution in [3.05, 3.63) is 66.0 Å². The molecule has 0 saturated carbocycles. The first kappa shape index (κ1) is 27.3. The van der Waals surface area contributed by atoms with E-state index in [1.807, 2.05) is 30.3 Å². The number of carbonyl (C=O) groups excluding carboxylic acids is 2. The summed E-state index contributed by atoms with van der Waals surface area (Å²) in [5.41, 5.74) is 0.733. The average molecular weight is 493 g/mol. The van der Waals surface area contributed by atoms with Gasteiger partial charge in [0.15, 0.2) is 0 Å². The fraction of sp³-hybridized carbons (Fsp3) is 0.417. The first-order valence-corrected chi connectivity index (χ1v) is 12.6. The molecule has 0 fully saturated rings. The molecule has 0 aliphatic heterocycles. The smallest absolute Gasteiger partial charge is 0.304 e. The molecule has 0 saturated heterocycles. The third-order valence-electron chi connectivity index (χ3n) is 5.36. The molecule has 2 rings (SSSR count). The van der Waals surface area contributed by atoms with E-state index in [-0.39, 0.29) is 18.1 Å². The van der Waals surface area contributed by atoms with E-state index in [1.54, 1.807) is 13.8 Å². The topological polar surface area (TPSA) is 90.0 Å². The number of hydrogen-bond acceptors (Lipinski definition) is 4. The van der Waals surface area contributed by atoms with Crippen molar-refractivity contribution >= 4 is 27.7 Å². The van der Waals surface area contributed by atoms with E-state index in [4.69, 9.17) is 0 Å². The molecule has 186 valence electrons. The summed E-state index contributed by atoms with van der Waals surface area (Å²) in [5.74, 6) is -1.69. The van der Waals surface area contributed by atoms with E-state index in [0.717, 1.165) is 20.2 Å². The van der Waals surface area contributed by atoms with E-state index in [9.17, 15) is 22.4 Å². The standard InChI is InChI=1S/C24H33FN4O4S/c1-5-21(24(31)26-6-2)28(17-16-19-12-8-7-9-13-19)23(30)18-29(34(32,33)27(3)4)22-15-11-10-14-20(22)25/h7-15,21H,5-6,16-18H2,1-4H3,(H,26,31)/t21-/m1/s1. The van der Waals surface area contributed by atoms with Crippen LogP contribution < -0.4 is 9.62 Å². The van der Waals surface area contributed by atoms with Crippen molar-refractivity contribution in [2.75, 3.05) is 38.0 Å². The van der Waals surface area contributed by atoms with Crippen LogP contribution in [-0.4, -0.2) is 69.2 Å². The van der Waals surface area contributed by atoms with E-state index >= 15 is 0 Å². The maximum atomic E-state index is 14.6. The monoisotopic (exact) mass is 492 g/mol. The van der Waals surface area contributed by atoms with Gasteiger partial charge in [0, 0.05) is 27.2 Å². The Morgan fingerprint density at radius 3 is 2.18 bits per heavy atom. The molecule has 0 radical (unpaired) electrons. The molecule has 2 aromatic carbocycles. The van der Waals surface area contributed by atoms with Crippen molar-refractivity contribution < 1.29 is 22.4 Å². The molecule has 0 aliphatic carbocycles. The lowest BCUT2D eigenvalue weighted by Crippen LogP contribution is -2.54. The number of carbonyl (C=O) groups is 2. The van der Waals surface area contributed by atoms with Gasteiger partial charge in [0.2, 0.25) is 11.8 Å². The molecule has 0 unspecified atom stereocenters. The van der Waals surface area contributed by atoms with Crippen LogP contribution in [0.2, 0.25) is 0 Å². The summed E-state index contributed by atoms with van der Waals surface area (Å²) in [6.07, 6.45) is 0.815. The Balaban J connectivity index is 2.43. The van der Waals surface area contributed by atoms with Gasteiger partial charge in [-0.25, -0.2) is 8.70 Å². The Labute approximate surface area is 201 Å². The van der Waals surface area contributed by atoms with E-state index in [2.05, 4.69) is 5.32 Å². The van der Waals surface area contributed by atoms with Crippen LogP contribution in [0.4, 0.5) is 10.1 Å². The Morgan fingerprint density at radius 2 is 1.62 bits per heavy atom. The maximum absolute atomic E-state index is 14.6. The molecule has 0 bridgehead atoms. The number of nitrogens with one attached hydrogen (secondary N) is 1. The van der Waals surface area contributed by atoms with Crippen molar-refractivity contribution in [1.29, 1.82) is 0 Å². The lowest BCUT2D eigenvalue weighted by molar-refractivity contribution is -0.139. The summed E-state index contributed by atoms with van der Waals surface area (Å²) in [7, 11) is -1.57. The average Bonchev–Trinajstić information content (AvgIpc) is 2.81. The van der Waals surface area contributed by atoms with Crippen molar-refractivity contribution in [3.8, 4) is 0 Å². The van der Waals surface area contributed by atoms with Crippen LogP contribution in [-0.2, 0) is 26.2 Å². The number of rotatable bonds is 12. The summed E-state index contributed by atoms with van der Waals surface area (Å²) in [6, 6.07) is 14.1. The number of likely N-dealkylation sites (N-methyl/N-ethyl adjacent to an activating group) is 1. The zero-order valence-electron chi connectivity index (χ0n) is 20.1. The van der Waals surface area contributed by atoms with E-state index in [1.165, 1.54) is 37.2 Å². The minimum Gasteiger partial charge on any atom is -0.355 e. The molecular weight excluding hydrogens is 459 g/mol. The molecule has 2 amide bonds. The quantitative estimate of drug-likeness (QED) is 0.493. The van der Waals surface area contributed by atoms with Crippen molar-refractivity contribution in [2.45, 2.75) is 32.7 Å². The molecule has 8 nitrogen and oxygen atoms in total. The second kappa shape index (κ2) is 12.5. The summed E-state index contributed by atoms with van der Waals surface area (Å²) >= 11 is 0. The Kier molecular flexibility index (Phi) is 10.0. The van der Waals surface area contributed by atoms with Gasteiger partial charge in [-0.2, -0.15) is 12.7 Å². The number of para-hydroxylation sites is 1. The Bertz CT molecular complexity index is 1060. The molecule has 0 spiro atoms. The lowest BCUT2D eigenvalue weighted by atomic mass is 10.1. The fourth-order valence-electron chi connectivity index (χ4n) is 3.54. The van der Waals surface area contributed by atoms with Gasteiger partial charge in [0.1, 0.15) is 18.4 Å². The third-order valence-corrected chi connectivity index (χ3v) is 7.17. The first-order valence-electron chi connectivity index (χ1n) is 11.2.